The largest absolute Gasteiger partial charge is 0.457 e. The van der Waals surface area contributed by atoms with Crippen LogP contribution in [0, 0.1) is 0 Å². The number of unbranched alkanes of at least 4 members (excludes halogenated alkanes) is 18. The summed E-state index contributed by atoms with van der Waals surface area (Å²) in [6, 6.07) is 0. The van der Waals surface area contributed by atoms with Gasteiger partial charge in [-0.25, -0.2) is 0 Å². The molecule has 0 saturated carbocycles. The van der Waals surface area contributed by atoms with Gasteiger partial charge in [0, 0.05) is 13.0 Å². The topological polar surface area (TPSA) is 135 Å². The monoisotopic (exact) mass is 659 g/mol. The van der Waals surface area contributed by atoms with Gasteiger partial charge in [-0.1, -0.05) is 122 Å². The first-order valence-corrected chi connectivity index (χ1v) is 18.8. The minimum Gasteiger partial charge on any atom is -0.457 e. The fraction of sp³-hybridized carbons (Fsp3) is 0.919. The highest BCUT2D eigenvalue weighted by molar-refractivity contribution is 5.69. The summed E-state index contributed by atoms with van der Waals surface area (Å²) >= 11 is 0. The molecule has 0 spiro atoms. The van der Waals surface area contributed by atoms with Crippen LogP contribution in [0.1, 0.15) is 155 Å². The van der Waals surface area contributed by atoms with Crippen LogP contribution in [0.3, 0.4) is 0 Å². The van der Waals surface area contributed by atoms with E-state index in [1.165, 1.54) is 103 Å². The number of carbonyl (C=O) groups excluding carboxylic acids is 1. The van der Waals surface area contributed by atoms with Gasteiger partial charge < -0.3 is 39.4 Å². The van der Waals surface area contributed by atoms with E-state index >= 15 is 0 Å². The van der Waals surface area contributed by atoms with Crippen LogP contribution in [0.4, 0.5) is 0 Å². The van der Waals surface area contributed by atoms with E-state index in [0.29, 0.717) is 13.0 Å². The van der Waals surface area contributed by atoms with Crippen molar-refractivity contribution < 1.29 is 44.2 Å². The van der Waals surface area contributed by atoms with E-state index in [-0.39, 0.29) is 19.2 Å². The first kappa shape index (κ1) is 43.0. The first-order chi connectivity index (χ1) is 22.4. The number of aliphatic hydroxyl groups excluding tert-OH is 4. The Morgan fingerprint density at radius 2 is 1.20 bits per heavy atom. The number of ether oxygens (including phenoxy) is 4. The van der Waals surface area contributed by atoms with Crippen molar-refractivity contribution in [3.05, 3.63) is 12.2 Å². The van der Waals surface area contributed by atoms with Gasteiger partial charge in [0.25, 0.3) is 0 Å². The third-order valence-electron chi connectivity index (χ3n) is 8.68. The second-order valence-corrected chi connectivity index (χ2v) is 13.0. The second-order valence-electron chi connectivity index (χ2n) is 13.0. The Balaban J connectivity index is 2.31. The molecule has 1 heterocycles. The molecule has 1 rings (SSSR count). The maximum Gasteiger partial charge on any atom is 0.306 e. The zero-order valence-electron chi connectivity index (χ0n) is 29.3. The van der Waals surface area contributed by atoms with Crippen molar-refractivity contribution in [3.63, 3.8) is 0 Å². The summed E-state index contributed by atoms with van der Waals surface area (Å²) < 4.78 is 22.6. The van der Waals surface area contributed by atoms with Gasteiger partial charge in [-0.2, -0.15) is 0 Å². The second kappa shape index (κ2) is 30.0. The molecule has 0 aromatic rings. The highest BCUT2D eigenvalue weighted by Crippen LogP contribution is 2.22. The van der Waals surface area contributed by atoms with Crippen LogP contribution in [0.5, 0.6) is 0 Å². The van der Waals surface area contributed by atoms with Crippen molar-refractivity contribution in [2.45, 2.75) is 192 Å². The van der Waals surface area contributed by atoms with Crippen LogP contribution < -0.4 is 0 Å². The molecule has 0 aliphatic carbocycles. The van der Waals surface area contributed by atoms with E-state index in [9.17, 15) is 25.2 Å². The van der Waals surface area contributed by atoms with Crippen LogP contribution in [0.25, 0.3) is 0 Å². The van der Waals surface area contributed by atoms with Gasteiger partial charge in [0.05, 0.1) is 19.8 Å². The number of aliphatic hydroxyl groups is 4. The number of carbonyl (C=O) groups is 1. The molecule has 4 N–H and O–H groups in total. The van der Waals surface area contributed by atoms with Crippen molar-refractivity contribution in [3.8, 4) is 0 Å². The van der Waals surface area contributed by atoms with E-state index in [1.807, 2.05) is 0 Å². The highest BCUT2D eigenvalue weighted by atomic mass is 16.7. The zero-order valence-corrected chi connectivity index (χ0v) is 29.3. The lowest BCUT2D eigenvalue weighted by atomic mass is 9.99. The summed E-state index contributed by atoms with van der Waals surface area (Å²) in [6.45, 7) is 4.50. The van der Waals surface area contributed by atoms with Crippen molar-refractivity contribution in [1.29, 1.82) is 0 Å². The van der Waals surface area contributed by atoms with Gasteiger partial charge in [0.2, 0.25) is 0 Å². The Morgan fingerprint density at radius 3 is 1.76 bits per heavy atom. The van der Waals surface area contributed by atoms with Crippen molar-refractivity contribution in [2.24, 2.45) is 0 Å². The Labute approximate surface area is 280 Å². The fourth-order valence-electron chi connectivity index (χ4n) is 5.66. The summed E-state index contributed by atoms with van der Waals surface area (Å²) in [5.41, 5.74) is 0. The van der Waals surface area contributed by atoms with Crippen LogP contribution in [0.15, 0.2) is 12.2 Å². The third kappa shape index (κ3) is 21.7. The maximum absolute atomic E-state index is 12.6. The molecule has 0 bridgehead atoms. The number of allylic oxidation sites excluding steroid dienone is 2. The summed E-state index contributed by atoms with van der Waals surface area (Å²) in [5.74, 6) is -0.321. The molecule has 1 aliphatic rings. The third-order valence-corrected chi connectivity index (χ3v) is 8.68. The van der Waals surface area contributed by atoms with Gasteiger partial charge >= 0.3 is 5.97 Å². The smallest absolute Gasteiger partial charge is 0.306 e. The lowest BCUT2D eigenvalue weighted by molar-refractivity contribution is -0.305. The summed E-state index contributed by atoms with van der Waals surface area (Å²) in [7, 11) is 0. The molecule has 6 atom stereocenters. The zero-order chi connectivity index (χ0) is 33.7. The molecule has 46 heavy (non-hydrogen) atoms. The van der Waals surface area contributed by atoms with Gasteiger partial charge in [-0.15, -0.1) is 0 Å². The molecule has 1 saturated heterocycles. The fourth-order valence-corrected chi connectivity index (χ4v) is 5.66. The first-order valence-electron chi connectivity index (χ1n) is 18.8. The van der Waals surface area contributed by atoms with E-state index in [2.05, 4.69) is 26.0 Å². The number of esters is 1. The van der Waals surface area contributed by atoms with E-state index in [4.69, 9.17) is 18.9 Å². The van der Waals surface area contributed by atoms with Crippen LogP contribution in [-0.2, 0) is 23.7 Å². The quantitative estimate of drug-likeness (QED) is 0.0356. The molecule has 1 aliphatic heterocycles. The molecule has 9 nitrogen and oxygen atoms in total. The molecule has 0 radical (unpaired) electrons. The van der Waals surface area contributed by atoms with E-state index in [0.717, 1.165) is 32.1 Å². The van der Waals surface area contributed by atoms with E-state index < -0.39 is 43.4 Å². The molecule has 0 amide bonds. The summed E-state index contributed by atoms with van der Waals surface area (Å²) in [5, 5.41) is 39.8. The Morgan fingerprint density at radius 1 is 0.674 bits per heavy atom. The Bertz CT molecular complexity index is 717. The minimum atomic E-state index is -1.53. The molecule has 1 fully saturated rings. The Hall–Kier alpha value is -1.07. The van der Waals surface area contributed by atoms with E-state index in [1.54, 1.807) is 0 Å². The van der Waals surface area contributed by atoms with Gasteiger partial charge in [-0.3, -0.25) is 4.79 Å². The van der Waals surface area contributed by atoms with Crippen molar-refractivity contribution in [2.75, 3.05) is 26.4 Å². The molecule has 9 heteroatoms. The molecule has 0 aromatic heterocycles. The lowest BCUT2D eigenvalue weighted by Crippen LogP contribution is -2.59. The molecular formula is C37H70O9. The predicted octanol–water partition coefficient (Wildman–Crippen LogP) is 6.91. The van der Waals surface area contributed by atoms with Crippen molar-refractivity contribution >= 4 is 5.97 Å². The van der Waals surface area contributed by atoms with Crippen molar-refractivity contribution in [1.82, 2.24) is 0 Å². The van der Waals surface area contributed by atoms with Gasteiger partial charge in [0.1, 0.15) is 30.5 Å². The molecule has 0 aromatic carbocycles. The standard InChI is InChI=1S/C37H70O9/c1-3-5-7-9-11-13-14-15-16-17-18-19-21-23-25-27-43-29-31(45-33(39)26-24-22-20-12-10-8-6-4-2)30-44-37-36(42)35(41)34(40)32(28-38)46-37/h14-15,31-32,34-38,40-42H,3-13,16-30H2,1-2H3/b15-14-. The number of hydrogen-bond acceptors (Lipinski definition) is 9. The number of hydrogen-bond donors (Lipinski definition) is 4. The summed E-state index contributed by atoms with van der Waals surface area (Å²) in [6.07, 6.45) is 22.4. The maximum atomic E-state index is 12.6. The molecular weight excluding hydrogens is 588 g/mol. The van der Waals surface area contributed by atoms with Crippen LogP contribution >= 0.6 is 0 Å². The number of rotatable bonds is 31. The average Bonchev–Trinajstić information content (AvgIpc) is 3.05. The van der Waals surface area contributed by atoms with Gasteiger partial charge in [0.15, 0.2) is 6.29 Å². The predicted molar refractivity (Wildman–Crippen MR) is 182 cm³/mol. The van der Waals surface area contributed by atoms with Gasteiger partial charge in [-0.05, 0) is 38.5 Å². The minimum absolute atomic E-state index is 0.112. The highest BCUT2D eigenvalue weighted by Gasteiger charge is 2.44. The SMILES string of the molecule is CCCCCCC/C=C\CCCCCCCCOCC(COC1OC(CO)C(O)C(O)C1O)OC(=O)CCCCCCCCCC. The van der Waals surface area contributed by atoms with Crippen LogP contribution in [0.2, 0.25) is 0 Å². The summed E-state index contributed by atoms with van der Waals surface area (Å²) in [4.78, 5) is 12.6. The average molecular weight is 659 g/mol. The normalized spacial score (nSPS) is 22.4. The van der Waals surface area contributed by atoms with Crippen LogP contribution in [-0.4, -0.2) is 89.6 Å². The Kier molecular flexibility index (Phi) is 28.0. The molecule has 272 valence electrons. The molecule has 6 unspecified atom stereocenters. The lowest BCUT2D eigenvalue weighted by Gasteiger charge is -2.39.